The van der Waals surface area contributed by atoms with Crippen molar-refractivity contribution < 1.29 is 27.8 Å². The number of carbonyl (C=O) groups is 1. The number of carboxylic acids is 1. The molecule has 0 unspecified atom stereocenters. The van der Waals surface area contributed by atoms with E-state index in [0.29, 0.717) is 34.9 Å². The summed E-state index contributed by atoms with van der Waals surface area (Å²) in [6, 6.07) is 15.4. The minimum absolute atomic E-state index is 0.0345. The number of nitrogens with one attached hydrogen (secondary N) is 1. The second-order valence-corrected chi connectivity index (χ2v) is 10.0. The largest absolute Gasteiger partial charge is 0.495 e. The van der Waals surface area contributed by atoms with Crippen LogP contribution >= 0.6 is 0 Å². The number of nitrogens with zero attached hydrogens (tertiary/aromatic N) is 2. The summed E-state index contributed by atoms with van der Waals surface area (Å²) in [5.74, 6) is 0.0789. The highest BCUT2D eigenvalue weighted by molar-refractivity contribution is 5.93. The smallest absolute Gasteiger partial charge is 0.416 e. The molecule has 6 nitrogen and oxygen atoms in total. The summed E-state index contributed by atoms with van der Waals surface area (Å²) in [7, 11) is 1.55. The van der Waals surface area contributed by atoms with Crippen LogP contribution in [0.25, 0.3) is 22.0 Å². The van der Waals surface area contributed by atoms with E-state index < -0.39 is 17.7 Å². The van der Waals surface area contributed by atoms with Crippen LogP contribution in [0.5, 0.6) is 5.75 Å². The zero-order valence-corrected chi connectivity index (χ0v) is 22.3. The molecule has 3 aromatic carbocycles. The van der Waals surface area contributed by atoms with Crippen LogP contribution in [0.4, 0.5) is 18.9 Å². The monoisotopic (exact) mass is 539 g/mol. The van der Waals surface area contributed by atoms with E-state index in [0.717, 1.165) is 40.7 Å². The number of fused-ring (bicyclic) bond motifs is 1. The number of rotatable bonds is 10. The van der Waals surface area contributed by atoms with Crippen LogP contribution in [0, 0.1) is 12.8 Å². The van der Waals surface area contributed by atoms with Gasteiger partial charge in [-0.3, -0.25) is 9.48 Å². The van der Waals surface area contributed by atoms with Crippen LogP contribution in [0.3, 0.4) is 0 Å². The van der Waals surface area contributed by atoms with E-state index >= 15 is 0 Å². The van der Waals surface area contributed by atoms with Gasteiger partial charge in [-0.05, 0) is 72.4 Å². The molecule has 4 aromatic rings. The lowest BCUT2D eigenvalue weighted by Crippen LogP contribution is -2.15. The number of benzene rings is 3. The van der Waals surface area contributed by atoms with Gasteiger partial charge in [0.15, 0.2) is 0 Å². The van der Waals surface area contributed by atoms with Gasteiger partial charge in [0.1, 0.15) is 5.75 Å². The third-order valence-electron chi connectivity index (χ3n) is 6.73. The van der Waals surface area contributed by atoms with E-state index in [1.54, 1.807) is 20.2 Å². The summed E-state index contributed by atoms with van der Waals surface area (Å²) in [6.07, 6.45) is -1.81. The third kappa shape index (κ3) is 6.19. The molecule has 2 N–H and O–H groups in total. The van der Waals surface area contributed by atoms with Crippen molar-refractivity contribution in [2.75, 3.05) is 19.0 Å². The molecule has 0 aliphatic carbocycles. The highest BCUT2D eigenvalue weighted by atomic mass is 19.4. The zero-order valence-electron chi connectivity index (χ0n) is 22.3. The lowest BCUT2D eigenvalue weighted by molar-refractivity contribution is -0.138. The number of aryl methyl sites for hydroxylation is 1. The number of hydrogen-bond acceptors (Lipinski definition) is 4. The number of aromatic nitrogens is 2. The van der Waals surface area contributed by atoms with Crippen LogP contribution < -0.4 is 10.1 Å². The lowest BCUT2D eigenvalue weighted by atomic mass is 9.95. The topological polar surface area (TPSA) is 76.4 Å². The molecule has 0 spiro atoms. The second-order valence-electron chi connectivity index (χ2n) is 10.0. The summed E-state index contributed by atoms with van der Waals surface area (Å²) in [6.45, 7) is 6.30. The van der Waals surface area contributed by atoms with Crippen molar-refractivity contribution in [3.63, 3.8) is 0 Å². The Morgan fingerprint density at radius 2 is 1.77 bits per heavy atom. The number of carboxylic acid groups (broad SMARTS) is 1. The Morgan fingerprint density at radius 1 is 1.08 bits per heavy atom. The number of alkyl halides is 3. The fraction of sp³-hybridized carbons (Fsp3) is 0.333. The molecule has 206 valence electrons. The van der Waals surface area contributed by atoms with Gasteiger partial charge in [0.2, 0.25) is 0 Å². The van der Waals surface area contributed by atoms with E-state index in [1.807, 2.05) is 41.1 Å². The summed E-state index contributed by atoms with van der Waals surface area (Å²) in [5, 5.41) is 17.5. The van der Waals surface area contributed by atoms with Crippen molar-refractivity contribution in [1.82, 2.24) is 9.78 Å². The standard InChI is InChI=1S/C30H32F3N3O3/c1-18(2)15-27(20-5-8-22(9-6-20)34-14-13-28(37)38)36-26-12-11-24(29(39-4)25(26)17-35-36)23-10-7-21(16-19(23)3)30(31,32)33/h5-12,16-18,27,34H,13-15H2,1-4H3,(H,37,38)/t27-/m1/s1. The molecule has 39 heavy (non-hydrogen) atoms. The first-order valence-electron chi connectivity index (χ1n) is 12.8. The van der Waals surface area contributed by atoms with Gasteiger partial charge in [-0.25, -0.2) is 0 Å². The van der Waals surface area contributed by atoms with Crippen LogP contribution in [-0.2, 0) is 11.0 Å². The van der Waals surface area contributed by atoms with Crippen LogP contribution in [0.15, 0.2) is 60.8 Å². The predicted molar refractivity (Wildman–Crippen MR) is 146 cm³/mol. The molecule has 0 saturated heterocycles. The molecule has 4 rings (SSSR count). The molecule has 0 fully saturated rings. The first-order valence-corrected chi connectivity index (χ1v) is 12.8. The van der Waals surface area contributed by atoms with Gasteiger partial charge in [-0.15, -0.1) is 0 Å². The molecule has 9 heteroatoms. The normalized spacial score (nSPS) is 12.6. The van der Waals surface area contributed by atoms with Gasteiger partial charge >= 0.3 is 12.1 Å². The van der Waals surface area contributed by atoms with E-state index in [-0.39, 0.29) is 12.5 Å². The van der Waals surface area contributed by atoms with Gasteiger partial charge < -0.3 is 15.2 Å². The molecule has 1 aromatic heterocycles. The van der Waals surface area contributed by atoms with E-state index in [2.05, 4.69) is 19.2 Å². The molecule has 0 bridgehead atoms. The first-order chi connectivity index (χ1) is 18.5. The van der Waals surface area contributed by atoms with E-state index in [1.165, 1.54) is 6.07 Å². The van der Waals surface area contributed by atoms with Crippen molar-refractivity contribution >= 4 is 22.6 Å². The molecule has 0 aliphatic rings. The van der Waals surface area contributed by atoms with Crippen molar-refractivity contribution in [2.24, 2.45) is 5.92 Å². The molecule has 0 saturated carbocycles. The first kappa shape index (κ1) is 28.0. The van der Waals surface area contributed by atoms with Gasteiger partial charge in [0.25, 0.3) is 0 Å². The second kappa shape index (κ2) is 11.4. The number of halogens is 3. The number of hydrogen-bond donors (Lipinski definition) is 2. The molecule has 0 amide bonds. The van der Waals surface area contributed by atoms with Gasteiger partial charge in [-0.2, -0.15) is 18.3 Å². The Bertz CT molecular complexity index is 1460. The molecule has 1 heterocycles. The third-order valence-corrected chi connectivity index (χ3v) is 6.73. The minimum Gasteiger partial charge on any atom is -0.495 e. The number of aliphatic carboxylic acids is 1. The van der Waals surface area contributed by atoms with Gasteiger partial charge in [0, 0.05) is 17.8 Å². The SMILES string of the molecule is COc1c(-c2ccc(C(F)(F)F)cc2C)ccc2c1cnn2[C@H](CC(C)C)c1ccc(NCCC(=O)O)cc1. The maximum atomic E-state index is 13.2. The molecule has 0 aliphatic heterocycles. The van der Waals surface area contributed by atoms with Crippen molar-refractivity contribution in [3.8, 4) is 16.9 Å². The fourth-order valence-corrected chi connectivity index (χ4v) is 4.88. The quantitative estimate of drug-likeness (QED) is 0.217. The summed E-state index contributed by atoms with van der Waals surface area (Å²) < 4.78 is 47.4. The van der Waals surface area contributed by atoms with Crippen molar-refractivity contribution in [3.05, 3.63) is 77.5 Å². The van der Waals surface area contributed by atoms with Crippen molar-refractivity contribution in [2.45, 2.75) is 45.8 Å². The Kier molecular flexibility index (Phi) is 8.18. The molecule has 1 atom stereocenters. The maximum Gasteiger partial charge on any atom is 0.416 e. The fourth-order valence-electron chi connectivity index (χ4n) is 4.88. The number of ether oxygens (including phenoxy) is 1. The van der Waals surface area contributed by atoms with Crippen LogP contribution in [-0.4, -0.2) is 34.5 Å². The Balaban J connectivity index is 1.72. The lowest BCUT2D eigenvalue weighted by Gasteiger charge is -2.22. The minimum atomic E-state index is -4.41. The highest BCUT2D eigenvalue weighted by Gasteiger charge is 2.31. The Labute approximate surface area is 225 Å². The van der Waals surface area contributed by atoms with Crippen LogP contribution in [0.2, 0.25) is 0 Å². The highest BCUT2D eigenvalue weighted by Crippen LogP contribution is 2.41. The van der Waals surface area contributed by atoms with E-state index in [4.69, 9.17) is 14.9 Å². The summed E-state index contributed by atoms with van der Waals surface area (Å²) in [5.41, 5.74) is 3.94. The Hall–Kier alpha value is -4.01. The molecule has 0 radical (unpaired) electrons. The Morgan fingerprint density at radius 3 is 2.36 bits per heavy atom. The summed E-state index contributed by atoms with van der Waals surface area (Å²) in [4.78, 5) is 10.8. The number of methoxy groups -OCH3 is 1. The van der Waals surface area contributed by atoms with Crippen LogP contribution in [0.1, 0.15) is 49.4 Å². The number of anilines is 1. The van der Waals surface area contributed by atoms with Gasteiger partial charge in [0.05, 0.1) is 42.2 Å². The van der Waals surface area contributed by atoms with E-state index in [9.17, 15) is 18.0 Å². The van der Waals surface area contributed by atoms with Crippen molar-refractivity contribution in [1.29, 1.82) is 0 Å². The average Bonchev–Trinajstić information content (AvgIpc) is 3.30. The molecular formula is C30H32F3N3O3. The average molecular weight is 540 g/mol. The van der Waals surface area contributed by atoms with Gasteiger partial charge in [-0.1, -0.05) is 32.0 Å². The maximum absolute atomic E-state index is 13.2. The predicted octanol–water partition coefficient (Wildman–Crippen LogP) is 7.56. The molecular weight excluding hydrogens is 507 g/mol. The summed E-state index contributed by atoms with van der Waals surface area (Å²) >= 11 is 0. The zero-order chi connectivity index (χ0) is 28.3.